The Hall–Kier alpha value is -3.36. The van der Waals surface area contributed by atoms with Crippen LogP contribution in [0.5, 0.6) is 11.5 Å². The van der Waals surface area contributed by atoms with E-state index in [1.165, 1.54) is 13.0 Å². The first-order valence-electron chi connectivity index (χ1n) is 11.2. The Morgan fingerprint density at radius 2 is 1.79 bits per heavy atom. The van der Waals surface area contributed by atoms with Crippen LogP contribution in [0.1, 0.15) is 62.8 Å². The van der Waals surface area contributed by atoms with Crippen LogP contribution in [-0.2, 0) is 17.4 Å². The fourth-order valence-electron chi connectivity index (χ4n) is 3.69. The summed E-state index contributed by atoms with van der Waals surface area (Å²) in [5.74, 6) is 1.00. The SMILES string of the molecule is CCC(CC)c1nn(-c2ccc(C(F)(F)F)cn2)cc1CCCOc1ccccc1OC(C)=O. The average Bonchev–Trinajstić information content (AvgIpc) is 3.22. The second-order valence-electron chi connectivity index (χ2n) is 7.89. The number of halogens is 3. The first-order chi connectivity index (χ1) is 16.2. The van der Waals surface area contributed by atoms with Crippen LogP contribution in [0.2, 0.25) is 0 Å². The summed E-state index contributed by atoms with van der Waals surface area (Å²) in [6.45, 7) is 5.90. The van der Waals surface area contributed by atoms with Crippen molar-refractivity contribution in [3.05, 3.63) is 65.6 Å². The number of esters is 1. The van der Waals surface area contributed by atoms with Gasteiger partial charge in [0.05, 0.1) is 17.9 Å². The van der Waals surface area contributed by atoms with Crippen molar-refractivity contribution in [2.45, 2.75) is 58.5 Å². The highest BCUT2D eigenvalue weighted by molar-refractivity contribution is 5.70. The fourth-order valence-corrected chi connectivity index (χ4v) is 3.69. The van der Waals surface area contributed by atoms with Crippen molar-refractivity contribution in [2.24, 2.45) is 0 Å². The molecule has 0 aliphatic rings. The molecular formula is C25H28F3N3O3. The molecule has 9 heteroatoms. The highest BCUT2D eigenvalue weighted by Gasteiger charge is 2.30. The summed E-state index contributed by atoms with van der Waals surface area (Å²) < 4.78 is 51.1. The summed E-state index contributed by atoms with van der Waals surface area (Å²) in [6.07, 6.45) is 1.35. The molecule has 6 nitrogen and oxygen atoms in total. The highest BCUT2D eigenvalue weighted by Crippen LogP contribution is 2.30. The van der Waals surface area contributed by atoms with E-state index in [0.717, 1.165) is 36.4 Å². The number of ether oxygens (including phenoxy) is 2. The molecule has 34 heavy (non-hydrogen) atoms. The molecule has 3 aromatic rings. The minimum Gasteiger partial charge on any atom is -0.490 e. The standard InChI is InChI=1S/C25H28F3N3O3/c1-4-18(5-2)24-19(9-8-14-33-21-10-6-7-11-22(21)34-17(3)32)16-31(30-24)23-13-12-20(15-29-23)25(26,27)28/h6-7,10-13,15-16,18H,4-5,8-9,14H2,1-3H3. The molecule has 182 valence electrons. The molecule has 2 heterocycles. The molecule has 0 N–H and O–H groups in total. The quantitative estimate of drug-likeness (QED) is 0.201. The number of aryl methyl sites for hydroxylation is 1. The summed E-state index contributed by atoms with van der Waals surface area (Å²) in [4.78, 5) is 15.2. The number of aromatic nitrogens is 3. The normalized spacial score (nSPS) is 11.6. The zero-order chi connectivity index (χ0) is 24.7. The average molecular weight is 476 g/mol. The summed E-state index contributed by atoms with van der Waals surface area (Å²) in [7, 11) is 0. The molecular weight excluding hydrogens is 447 g/mol. The summed E-state index contributed by atoms with van der Waals surface area (Å²) >= 11 is 0. The van der Waals surface area contributed by atoms with Gasteiger partial charge in [-0.05, 0) is 55.5 Å². The van der Waals surface area contributed by atoms with Crippen LogP contribution in [0.4, 0.5) is 13.2 Å². The van der Waals surface area contributed by atoms with Gasteiger partial charge in [0.25, 0.3) is 0 Å². The Morgan fingerprint density at radius 3 is 2.38 bits per heavy atom. The fraction of sp³-hybridized carbons (Fsp3) is 0.400. The number of carbonyl (C=O) groups excluding carboxylic acids is 1. The first kappa shape index (κ1) is 25.3. The Bertz CT molecular complexity index is 1090. The largest absolute Gasteiger partial charge is 0.490 e. The summed E-state index contributed by atoms with van der Waals surface area (Å²) in [5, 5.41) is 4.67. The predicted octanol–water partition coefficient (Wildman–Crippen LogP) is 6.13. The van der Waals surface area contributed by atoms with Crippen molar-refractivity contribution in [3.63, 3.8) is 0 Å². The monoisotopic (exact) mass is 475 g/mol. The van der Waals surface area contributed by atoms with Crippen LogP contribution in [-0.4, -0.2) is 27.3 Å². The maximum Gasteiger partial charge on any atom is 0.417 e. The maximum absolute atomic E-state index is 12.9. The van der Waals surface area contributed by atoms with Gasteiger partial charge in [0.15, 0.2) is 17.3 Å². The highest BCUT2D eigenvalue weighted by atomic mass is 19.4. The smallest absolute Gasteiger partial charge is 0.417 e. The Labute approximate surface area is 196 Å². The summed E-state index contributed by atoms with van der Waals surface area (Å²) in [5.41, 5.74) is 1.13. The van der Waals surface area contributed by atoms with E-state index < -0.39 is 17.7 Å². The second-order valence-corrected chi connectivity index (χ2v) is 7.89. The first-order valence-corrected chi connectivity index (χ1v) is 11.2. The number of rotatable bonds is 10. The summed E-state index contributed by atoms with van der Waals surface area (Å²) in [6, 6.07) is 9.30. The number of para-hydroxylation sites is 2. The molecule has 0 saturated heterocycles. The van der Waals surface area contributed by atoms with Crippen LogP contribution >= 0.6 is 0 Å². The number of benzene rings is 1. The van der Waals surface area contributed by atoms with E-state index in [1.54, 1.807) is 28.9 Å². The number of alkyl halides is 3. The topological polar surface area (TPSA) is 66.2 Å². The molecule has 0 fully saturated rings. The van der Waals surface area contributed by atoms with Crippen molar-refractivity contribution in [1.82, 2.24) is 14.8 Å². The van der Waals surface area contributed by atoms with Crippen molar-refractivity contribution in [1.29, 1.82) is 0 Å². The molecule has 2 aromatic heterocycles. The van der Waals surface area contributed by atoms with Crippen LogP contribution in [0.3, 0.4) is 0 Å². The maximum atomic E-state index is 12.9. The van der Waals surface area contributed by atoms with Crippen molar-refractivity contribution in [2.75, 3.05) is 6.61 Å². The van der Waals surface area contributed by atoms with Gasteiger partial charge in [-0.15, -0.1) is 0 Å². The van der Waals surface area contributed by atoms with Crippen molar-refractivity contribution >= 4 is 5.97 Å². The van der Waals surface area contributed by atoms with Gasteiger partial charge in [-0.2, -0.15) is 18.3 Å². The molecule has 0 amide bonds. The van der Waals surface area contributed by atoms with Crippen LogP contribution in [0, 0.1) is 0 Å². The van der Waals surface area contributed by atoms with Gasteiger partial charge < -0.3 is 9.47 Å². The Morgan fingerprint density at radius 1 is 1.09 bits per heavy atom. The molecule has 0 bridgehead atoms. The number of hydrogen-bond acceptors (Lipinski definition) is 5. The van der Waals surface area contributed by atoms with E-state index in [9.17, 15) is 18.0 Å². The van der Waals surface area contributed by atoms with Gasteiger partial charge in [0.2, 0.25) is 0 Å². The molecule has 3 rings (SSSR count). The lowest BCUT2D eigenvalue weighted by atomic mass is 9.95. The third kappa shape index (κ3) is 6.36. The Kier molecular flexibility index (Phi) is 8.31. The van der Waals surface area contributed by atoms with Gasteiger partial charge >= 0.3 is 12.1 Å². The lowest BCUT2D eigenvalue weighted by molar-refractivity contribution is -0.138. The zero-order valence-electron chi connectivity index (χ0n) is 19.4. The van der Waals surface area contributed by atoms with E-state index in [2.05, 4.69) is 23.9 Å². The number of pyridine rings is 1. The lowest BCUT2D eigenvalue weighted by Gasteiger charge is -2.13. The number of nitrogens with zero attached hydrogens (tertiary/aromatic N) is 3. The van der Waals surface area contributed by atoms with Crippen LogP contribution in [0.25, 0.3) is 5.82 Å². The van der Waals surface area contributed by atoms with Gasteiger partial charge in [-0.1, -0.05) is 26.0 Å². The van der Waals surface area contributed by atoms with Gasteiger partial charge in [-0.3, -0.25) is 4.79 Å². The second kappa shape index (κ2) is 11.2. The number of carbonyl (C=O) groups is 1. The van der Waals surface area contributed by atoms with E-state index in [1.807, 2.05) is 6.20 Å². The molecule has 0 spiro atoms. The van der Waals surface area contributed by atoms with E-state index in [-0.39, 0.29) is 5.92 Å². The molecule has 1 aromatic carbocycles. The lowest BCUT2D eigenvalue weighted by Crippen LogP contribution is -2.07. The van der Waals surface area contributed by atoms with Crippen molar-refractivity contribution < 1.29 is 27.4 Å². The third-order valence-corrected chi connectivity index (χ3v) is 5.46. The minimum absolute atomic E-state index is 0.233. The van der Waals surface area contributed by atoms with E-state index in [0.29, 0.717) is 36.8 Å². The molecule has 0 aliphatic heterocycles. The van der Waals surface area contributed by atoms with Crippen LogP contribution in [0.15, 0.2) is 48.8 Å². The van der Waals surface area contributed by atoms with Gasteiger partial charge in [0.1, 0.15) is 0 Å². The molecule has 0 atom stereocenters. The van der Waals surface area contributed by atoms with Gasteiger partial charge in [-0.25, -0.2) is 9.67 Å². The van der Waals surface area contributed by atoms with E-state index >= 15 is 0 Å². The molecule has 0 unspecified atom stereocenters. The van der Waals surface area contributed by atoms with Gasteiger partial charge in [0, 0.05) is 25.2 Å². The number of hydrogen-bond donors (Lipinski definition) is 0. The zero-order valence-corrected chi connectivity index (χ0v) is 19.4. The predicted molar refractivity (Wildman–Crippen MR) is 121 cm³/mol. The third-order valence-electron chi connectivity index (χ3n) is 5.46. The molecule has 0 saturated carbocycles. The minimum atomic E-state index is -4.43. The van der Waals surface area contributed by atoms with Crippen molar-refractivity contribution in [3.8, 4) is 17.3 Å². The van der Waals surface area contributed by atoms with E-state index in [4.69, 9.17) is 9.47 Å². The molecule has 0 radical (unpaired) electrons. The molecule has 0 aliphatic carbocycles. The Balaban J connectivity index is 1.73. The van der Waals surface area contributed by atoms with Crippen LogP contribution < -0.4 is 9.47 Å².